The highest BCUT2D eigenvalue weighted by Gasteiger charge is 2.20. The lowest BCUT2D eigenvalue weighted by Gasteiger charge is -2.10. The summed E-state index contributed by atoms with van der Waals surface area (Å²) in [6.45, 7) is 1.95. The summed E-state index contributed by atoms with van der Waals surface area (Å²) in [5.74, 6) is 0. The molecule has 8 heteroatoms. The minimum atomic E-state index is -3.77. The van der Waals surface area contributed by atoms with Crippen molar-refractivity contribution in [3.63, 3.8) is 0 Å². The number of sulfonamides is 1. The fourth-order valence-electron chi connectivity index (χ4n) is 1.74. The second-order valence-electron chi connectivity index (χ2n) is 4.31. The number of pyridine rings is 2. The smallest absolute Gasteiger partial charge is 0.243 e. The van der Waals surface area contributed by atoms with E-state index >= 15 is 0 Å². The van der Waals surface area contributed by atoms with Crippen molar-refractivity contribution in [2.24, 2.45) is 5.73 Å². The van der Waals surface area contributed by atoms with E-state index in [0.717, 1.165) is 5.56 Å². The van der Waals surface area contributed by atoms with Crippen molar-refractivity contribution in [1.82, 2.24) is 14.7 Å². The summed E-state index contributed by atoms with van der Waals surface area (Å²) in [6.07, 6.45) is 3.05. The zero-order chi connectivity index (χ0) is 15.5. The van der Waals surface area contributed by atoms with E-state index in [1.165, 1.54) is 18.3 Å². The summed E-state index contributed by atoms with van der Waals surface area (Å²) in [5, 5.41) is 0. The van der Waals surface area contributed by atoms with Crippen LogP contribution in [-0.4, -0.2) is 23.4 Å². The molecule has 0 aliphatic rings. The number of thiocarbonyl (C=S) groups is 1. The molecule has 21 heavy (non-hydrogen) atoms. The van der Waals surface area contributed by atoms with Crippen LogP contribution in [0.15, 0.2) is 41.6 Å². The van der Waals surface area contributed by atoms with E-state index in [1.54, 1.807) is 12.3 Å². The van der Waals surface area contributed by atoms with Crippen LogP contribution >= 0.6 is 12.2 Å². The van der Waals surface area contributed by atoms with Crippen molar-refractivity contribution in [3.8, 4) is 0 Å². The molecule has 3 N–H and O–H groups in total. The standard InChI is InChI=1S/C13H14N4O2S2/c1-9-4-2-6-15-10(9)8-17-21(18,19)11-5-3-7-16-12(11)13(14)20/h2-7,17H,8H2,1H3,(H2,14,20). The Morgan fingerprint density at radius 3 is 2.62 bits per heavy atom. The van der Waals surface area contributed by atoms with Crippen molar-refractivity contribution >= 4 is 27.2 Å². The predicted molar refractivity (Wildman–Crippen MR) is 83.1 cm³/mol. The van der Waals surface area contributed by atoms with Crippen molar-refractivity contribution < 1.29 is 8.42 Å². The van der Waals surface area contributed by atoms with Crippen molar-refractivity contribution in [2.45, 2.75) is 18.4 Å². The molecule has 0 saturated carbocycles. The number of rotatable bonds is 5. The molecule has 6 nitrogen and oxygen atoms in total. The van der Waals surface area contributed by atoms with E-state index < -0.39 is 10.0 Å². The van der Waals surface area contributed by atoms with Crippen LogP contribution in [0.4, 0.5) is 0 Å². The molecule has 0 bridgehead atoms. The Hall–Kier alpha value is -1.90. The van der Waals surface area contributed by atoms with Gasteiger partial charge in [0.15, 0.2) is 0 Å². The molecule has 0 aliphatic heterocycles. The number of nitrogens with zero attached hydrogens (tertiary/aromatic N) is 2. The summed E-state index contributed by atoms with van der Waals surface area (Å²) in [4.78, 5) is 7.95. The maximum absolute atomic E-state index is 12.3. The Labute approximate surface area is 128 Å². The van der Waals surface area contributed by atoms with Gasteiger partial charge in [0.25, 0.3) is 0 Å². The summed E-state index contributed by atoms with van der Waals surface area (Å²) >= 11 is 4.83. The first-order chi connectivity index (χ1) is 9.92. The lowest BCUT2D eigenvalue weighted by molar-refractivity contribution is 0.579. The first-order valence-corrected chi connectivity index (χ1v) is 7.96. The molecule has 110 valence electrons. The third-order valence-corrected chi connectivity index (χ3v) is 4.47. The molecule has 2 aromatic rings. The van der Waals surface area contributed by atoms with Crippen LogP contribution in [0.3, 0.4) is 0 Å². The Balaban J connectivity index is 2.28. The molecule has 2 aromatic heterocycles. The van der Waals surface area contributed by atoms with E-state index in [0.29, 0.717) is 5.69 Å². The second-order valence-corrected chi connectivity index (χ2v) is 6.48. The molecule has 0 unspecified atom stereocenters. The molecule has 0 spiro atoms. The van der Waals surface area contributed by atoms with Crippen LogP contribution < -0.4 is 10.5 Å². The second kappa shape index (κ2) is 6.25. The quantitative estimate of drug-likeness (QED) is 0.794. The number of hydrogen-bond acceptors (Lipinski definition) is 5. The van der Waals surface area contributed by atoms with Crippen LogP contribution in [0, 0.1) is 6.92 Å². The van der Waals surface area contributed by atoms with E-state index in [2.05, 4.69) is 14.7 Å². The van der Waals surface area contributed by atoms with Crippen molar-refractivity contribution in [3.05, 3.63) is 53.6 Å². The number of nitrogens with one attached hydrogen (secondary N) is 1. The fourth-order valence-corrected chi connectivity index (χ4v) is 3.12. The van der Waals surface area contributed by atoms with Gasteiger partial charge in [0.2, 0.25) is 10.0 Å². The molecule has 2 heterocycles. The average Bonchev–Trinajstić information content (AvgIpc) is 2.46. The molecule has 0 radical (unpaired) electrons. The summed E-state index contributed by atoms with van der Waals surface area (Å²) in [6, 6.07) is 6.58. The zero-order valence-electron chi connectivity index (χ0n) is 11.3. The highest BCUT2D eigenvalue weighted by atomic mass is 32.2. The van der Waals surface area contributed by atoms with E-state index in [1.807, 2.05) is 13.0 Å². The molecule has 0 atom stereocenters. The first-order valence-electron chi connectivity index (χ1n) is 6.07. The molecule has 0 aliphatic carbocycles. The lowest BCUT2D eigenvalue weighted by atomic mass is 10.2. The third-order valence-electron chi connectivity index (χ3n) is 2.84. The van der Waals surface area contributed by atoms with Crippen LogP contribution in [0.1, 0.15) is 17.0 Å². The molecular weight excluding hydrogens is 308 g/mol. The van der Waals surface area contributed by atoms with Crippen LogP contribution in [-0.2, 0) is 16.6 Å². The highest BCUT2D eigenvalue weighted by Crippen LogP contribution is 2.13. The molecule has 2 rings (SSSR count). The van der Waals surface area contributed by atoms with Crippen LogP contribution in [0.25, 0.3) is 0 Å². The lowest BCUT2D eigenvalue weighted by Crippen LogP contribution is -2.27. The molecular formula is C13H14N4O2S2. The van der Waals surface area contributed by atoms with Crippen molar-refractivity contribution in [2.75, 3.05) is 0 Å². The molecule has 0 saturated heterocycles. The van der Waals surface area contributed by atoms with E-state index in [-0.39, 0.29) is 22.1 Å². The Kier molecular flexibility index (Phi) is 4.61. The summed E-state index contributed by atoms with van der Waals surface area (Å²) < 4.78 is 27.2. The average molecular weight is 322 g/mol. The summed E-state index contributed by atoms with van der Waals surface area (Å²) in [7, 11) is -3.77. The van der Waals surface area contributed by atoms with Gasteiger partial charge < -0.3 is 5.73 Å². The number of nitrogens with two attached hydrogens (primary N) is 1. The highest BCUT2D eigenvalue weighted by molar-refractivity contribution is 7.89. The van der Waals surface area contributed by atoms with Gasteiger partial charge in [-0.05, 0) is 30.7 Å². The van der Waals surface area contributed by atoms with Gasteiger partial charge in [0.05, 0.1) is 12.2 Å². The van der Waals surface area contributed by atoms with Crippen LogP contribution in [0.5, 0.6) is 0 Å². The topological polar surface area (TPSA) is 98.0 Å². The van der Waals surface area contributed by atoms with Gasteiger partial charge in [-0.2, -0.15) is 0 Å². The van der Waals surface area contributed by atoms with E-state index in [9.17, 15) is 8.42 Å². The zero-order valence-corrected chi connectivity index (χ0v) is 12.9. The molecule has 0 aromatic carbocycles. The number of aromatic nitrogens is 2. The maximum Gasteiger partial charge on any atom is 0.243 e. The maximum atomic E-state index is 12.3. The Bertz CT molecular complexity index is 775. The van der Waals surface area contributed by atoms with Gasteiger partial charge in [0, 0.05) is 12.4 Å². The SMILES string of the molecule is Cc1cccnc1CNS(=O)(=O)c1cccnc1C(N)=S. The van der Waals surface area contributed by atoms with Gasteiger partial charge in [-0.15, -0.1) is 0 Å². The van der Waals surface area contributed by atoms with Crippen LogP contribution in [0.2, 0.25) is 0 Å². The van der Waals surface area contributed by atoms with Gasteiger partial charge in [-0.25, -0.2) is 13.1 Å². The van der Waals surface area contributed by atoms with E-state index in [4.69, 9.17) is 18.0 Å². The number of hydrogen-bond donors (Lipinski definition) is 2. The Morgan fingerprint density at radius 1 is 1.29 bits per heavy atom. The monoisotopic (exact) mass is 322 g/mol. The van der Waals surface area contributed by atoms with Gasteiger partial charge in [-0.3, -0.25) is 9.97 Å². The molecule has 0 fully saturated rings. The predicted octanol–water partition coefficient (Wildman–Crippen LogP) is 0.898. The minimum absolute atomic E-state index is 0.0360. The van der Waals surface area contributed by atoms with Gasteiger partial charge in [0.1, 0.15) is 15.6 Å². The van der Waals surface area contributed by atoms with Crippen molar-refractivity contribution in [1.29, 1.82) is 0 Å². The normalized spacial score (nSPS) is 11.3. The first kappa shape index (κ1) is 15.5. The largest absolute Gasteiger partial charge is 0.388 e. The van der Waals surface area contributed by atoms with Gasteiger partial charge in [-0.1, -0.05) is 18.3 Å². The Morgan fingerprint density at radius 2 is 1.95 bits per heavy atom. The number of aryl methyl sites for hydroxylation is 1. The minimum Gasteiger partial charge on any atom is -0.388 e. The molecule has 0 amide bonds. The third kappa shape index (κ3) is 3.60. The fraction of sp³-hybridized carbons (Fsp3) is 0.154. The van der Waals surface area contributed by atoms with Gasteiger partial charge >= 0.3 is 0 Å². The summed E-state index contributed by atoms with van der Waals surface area (Å²) in [5.41, 5.74) is 7.15.